The molecule has 4 nitrogen and oxygen atoms in total. The van der Waals surface area contributed by atoms with E-state index in [-0.39, 0.29) is 0 Å². The van der Waals surface area contributed by atoms with Crippen LogP contribution in [0.4, 0.5) is 0 Å². The summed E-state index contributed by atoms with van der Waals surface area (Å²) in [5.41, 5.74) is 3.57. The van der Waals surface area contributed by atoms with E-state index in [1.807, 2.05) is 42.7 Å². The zero-order valence-corrected chi connectivity index (χ0v) is 11.6. The molecule has 0 bridgehead atoms. The van der Waals surface area contributed by atoms with E-state index in [0.717, 1.165) is 23.4 Å². The second kappa shape index (κ2) is 5.18. The number of nitrogens with zero attached hydrogens (tertiary/aromatic N) is 1. The van der Waals surface area contributed by atoms with Crippen LogP contribution in [0.25, 0.3) is 5.69 Å². The van der Waals surface area contributed by atoms with Gasteiger partial charge in [0, 0.05) is 28.7 Å². The van der Waals surface area contributed by atoms with E-state index in [4.69, 9.17) is 9.47 Å². The summed E-state index contributed by atoms with van der Waals surface area (Å²) in [6.45, 7) is 3.89. The van der Waals surface area contributed by atoms with Gasteiger partial charge >= 0.3 is 0 Å². The maximum absolute atomic E-state index is 11.0. The lowest BCUT2D eigenvalue weighted by molar-refractivity contribution is 0.112. The Kier molecular flexibility index (Phi) is 3.60. The van der Waals surface area contributed by atoms with Crippen LogP contribution in [0, 0.1) is 13.8 Å². The molecule has 0 aliphatic heterocycles. The minimum Gasteiger partial charge on any atom is -0.493 e. The van der Waals surface area contributed by atoms with E-state index in [0.29, 0.717) is 17.1 Å². The molecule has 1 aromatic carbocycles. The molecule has 0 spiro atoms. The predicted molar refractivity (Wildman–Crippen MR) is 73.7 cm³/mol. The fraction of sp³-hybridized carbons (Fsp3) is 0.267. The molecule has 1 heterocycles. The number of carbonyl (C=O) groups is 1. The molecule has 4 heteroatoms. The summed E-state index contributed by atoms with van der Waals surface area (Å²) in [6, 6.07) is 7.57. The van der Waals surface area contributed by atoms with Gasteiger partial charge in [-0.3, -0.25) is 4.79 Å². The Morgan fingerprint density at radius 3 is 2.26 bits per heavy atom. The SMILES string of the molecule is COc1ccc(-n2c(C)cc(C=O)c2C)cc1OC. The van der Waals surface area contributed by atoms with Crippen LogP contribution < -0.4 is 9.47 Å². The third-order valence-corrected chi connectivity index (χ3v) is 3.22. The number of rotatable bonds is 4. The highest BCUT2D eigenvalue weighted by molar-refractivity contribution is 5.77. The molecule has 0 N–H and O–H groups in total. The van der Waals surface area contributed by atoms with Crippen LogP contribution in [-0.4, -0.2) is 25.1 Å². The van der Waals surface area contributed by atoms with E-state index in [9.17, 15) is 4.79 Å². The number of carbonyl (C=O) groups excluding carboxylic acids is 1. The van der Waals surface area contributed by atoms with Crippen molar-refractivity contribution in [2.75, 3.05) is 14.2 Å². The van der Waals surface area contributed by atoms with Gasteiger partial charge in [-0.25, -0.2) is 0 Å². The van der Waals surface area contributed by atoms with Gasteiger partial charge in [0.1, 0.15) is 0 Å². The highest BCUT2D eigenvalue weighted by atomic mass is 16.5. The van der Waals surface area contributed by atoms with Gasteiger partial charge in [-0.05, 0) is 32.0 Å². The number of hydrogen-bond donors (Lipinski definition) is 0. The van der Waals surface area contributed by atoms with Crippen molar-refractivity contribution >= 4 is 6.29 Å². The molecule has 0 saturated carbocycles. The number of aryl methyl sites for hydroxylation is 1. The van der Waals surface area contributed by atoms with Crippen LogP contribution in [0.5, 0.6) is 11.5 Å². The van der Waals surface area contributed by atoms with Crippen molar-refractivity contribution in [3.05, 3.63) is 41.2 Å². The van der Waals surface area contributed by atoms with E-state index in [2.05, 4.69) is 0 Å². The first-order chi connectivity index (χ1) is 9.12. The van der Waals surface area contributed by atoms with Crippen molar-refractivity contribution in [1.29, 1.82) is 0 Å². The van der Waals surface area contributed by atoms with Gasteiger partial charge in [0.15, 0.2) is 17.8 Å². The molecule has 0 amide bonds. The first kappa shape index (κ1) is 13.2. The number of benzene rings is 1. The summed E-state index contributed by atoms with van der Waals surface area (Å²) in [5.74, 6) is 1.35. The lowest BCUT2D eigenvalue weighted by Gasteiger charge is -2.13. The molecule has 2 rings (SSSR count). The summed E-state index contributed by atoms with van der Waals surface area (Å²) >= 11 is 0. The second-order valence-corrected chi connectivity index (χ2v) is 4.32. The third kappa shape index (κ3) is 2.21. The van der Waals surface area contributed by atoms with Crippen LogP contribution in [0.15, 0.2) is 24.3 Å². The van der Waals surface area contributed by atoms with E-state index in [1.54, 1.807) is 14.2 Å². The molecule has 19 heavy (non-hydrogen) atoms. The molecular weight excluding hydrogens is 242 g/mol. The molecule has 0 radical (unpaired) electrons. The first-order valence-corrected chi connectivity index (χ1v) is 5.99. The van der Waals surface area contributed by atoms with Crippen LogP contribution in [0.3, 0.4) is 0 Å². The van der Waals surface area contributed by atoms with Crippen molar-refractivity contribution in [3.8, 4) is 17.2 Å². The van der Waals surface area contributed by atoms with Gasteiger partial charge < -0.3 is 14.0 Å². The number of aromatic nitrogens is 1. The summed E-state index contributed by atoms with van der Waals surface area (Å²) in [4.78, 5) is 11.0. The minimum absolute atomic E-state index is 0.667. The summed E-state index contributed by atoms with van der Waals surface area (Å²) in [7, 11) is 3.21. The number of hydrogen-bond acceptors (Lipinski definition) is 3. The summed E-state index contributed by atoms with van der Waals surface area (Å²) in [5, 5.41) is 0. The molecule has 0 aliphatic rings. The molecular formula is C15H17NO3. The second-order valence-electron chi connectivity index (χ2n) is 4.32. The zero-order chi connectivity index (χ0) is 14.0. The normalized spacial score (nSPS) is 10.3. The maximum Gasteiger partial charge on any atom is 0.162 e. The molecule has 1 aromatic heterocycles. The molecule has 0 fully saturated rings. The summed E-state index contributed by atoms with van der Waals surface area (Å²) in [6.07, 6.45) is 0.875. The van der Waals surface area contributed by atoms with E-state index in [1.165, 1.54) is 0 Å². The molecule has 0 aliphatic carbocycles. The topological polar surface area (TPSA) is 40.5 Å². The average molecular weight is 259 g/mol. The zero-order valence-electron chi connectivity index (χ0n) is 11.6. The Hall–Kier alpha value is -2.23. The van der Waals surface area contributed by atoms with Crippen molar-refractivity contribution in [2.24, 2.45) is 0 Å². The van der Waals surface area contributed by atoms with Crippen LogP contribution in [-0.2, 0) is 0 Å². The Bertz CT molecular complexity index is 614. The first-order valence-electron chi connectivity index (χ1n) is 5.99. The van der Waals surface area contributed by atoms with Crippen molar-refractivity contribution < 1.29 is 14.3 Å². The number of aldehydes is 1. The van der Waals surface area contributed by atoms with Crippen LogP contribution in [0.2, 0.25) is 0 Å². The Morgan fingerprint density at radius 1 is 1.05 bits per heavy atom. The fourth-order valence-corrected chi connectivity index (χ4v) is 2.27. The molecule has 100 valence electrons. The van der Waals surface area contributed by atoms with Gasteiger partial charge in [0.05, 0.1) is 14.2 Å². The van der Waals surface area contributed by atoms with Crippen molar-refractivity contribution in [2.45, 2.75) is 13.8 Å². The van der Waals surface area contributed by atoms with Crippen LogP contribution >= 0.6 is 0 Å². The Balaban J connectivity index is 2.59. The lowest BCUT2D eigenvalue weighted by atomic mass is 10.2. The van der Waals surface area contributed by atoms with Gasteiger partial charge in [0.2, 0.25) is 0 Å². The predicted octanol–water partition coefficient (Wildman–Crippen LogP) is 2.92. The Labute approximate surface area is 112 Å². The average Bonchev–Trinajstić information content (AvgIpc) is 2.72. The summed E-state index contributed by atoms with van der Waals surface area (Å²) < 4.78 is 12.5. The van der Waals surface area contributed by atoms with Gasteiger partial charge in [-0.1, -0.05) is 0 Å². The van der Waals surface area contributed by atoms with Crippen molar-refractivity contribution in [3.63, 3.8) is 0 Å². The van der Waals surface area contributed by atoms with Crippen molar-refractivity contribution in [1.82, 2.24) is 4.57 Å². The number of ether oxygens (including phenoxy) is 2. The highest BCUT2D eigenvalue weighted by Gasteiger charge is 2.12. The molecule has 0 atom stereocenters. The monoisotopic (exact) mass is 259 g/mol. The molecule has 0 unspecified atom stereocenters. The van der Waals surface area contributed by atoms with Crippen LogP contribution in [0.1, 0.15) is 21.7 Å². The van der Waals surface area contributed by atoms with E-state index >= 15 is 0 Å². The lowest BCUT2D eigenvalue weighted by Crippen LogP contribution is -2.01. The smallest absolute Gasteiger partial charge is 0.162 e. The standard InChI is InChI=1S/C15H17NO3/c1-10-7-12(9-17)11(2)16(10)13-5-6-14(18-3)15(8-13)19-4/h5-9H,1-4H3. The maximum atomic E-state index is 11.0. The largest absolute Gasteiger partial charge is 0.493 e. The highest BCUT2D eigenvalue weighted by Crippen LogP contribution is 2.30. The Morgan fingerprint density at radius 2 is 1.74 bits per heavy atom. The third-order valence-electron chi connectivity index (χ3n) is 3.22. The van der Waals surface area contributed by atoms with Gasteiger partial charge in [0.25, 0.3) is 0 Å². The number of methoxy groups -OCH3 is 2. The van der Waals surface area contributed by atoms with Gasteiger partial charge in [-0.2, -0.15) is 0 Å². The quantitative estimate of drug-likeness (QED) is 0.793. The minimum atomic E-state index is 0.667. The molecule has 2 aromatic rings. The van der Waals surface area contributed by atoms with Gasteiger partial charge in [-0.15, -0.1) is 0 Å². The molecule has 0 saturated heterocycles. The van der Waals surface area contributed by atoms with E-state index < -0.39 is 0 Å². The fourth-order valence-electron chi connectivity index (χ4n) is 2.27.